The summed E-state index contributed by atoms with van der Waals surface area (Å²) in [4.78, 5) is 29.5. The van der Waals surface area contributed by atoms with Gasteiger partial charge in [0.15, 0.2) is 29.3 Å². The molecular formula is C35H30FN7O2. The Balaban J connectivity index is 1.15. The Kier molecular flexibility index (Phi) is 7.40. The summed E-state index contributed by atoms with van der Waals surface area (Å²) in [7, 11) is 0. The fourth-order valence-electron chi connectivity index (χ4n) is 5.82. The number of phenols is 1. The molecule has 0 amide bonds. The maximum atomic E-state index is 14.7. The van der Waals surface area contributed by atoms with Crippen molar-refractivity contribution in [3.63, 3.8) is 0 Å². The number of aromatic nitrogens is 4. The number of rotatable bonds is 7. The molecule has 0 saturated carbocycles. The first kappa shape index (κ1) is 28.2. The number of imidazole rings is 1. The second-order valence-corrected chi connectivity index (χ2v) is 11.0. The van der Waals surface area contributed by atoms with Crippen LogP contribution >= 0.6 is 0 Å². The van der Waals surface area contributed by atoms with Crippen molar-refractivity contribution in [1.82, 2.24) is 24.4 Å². The van der Waals surface area contributed by atoms with Crippen molar-refractivity contribution >= 4 is 29.0 Å². The van der Waals surface area contributed by atoms with Gasteiger partial charge in [0, 0.05) is 50.2 Å². The molecule has 10 heteroatoms. The van der Waals surface area contributed by atoms with Crippen LogP contribution in [0.3, 0.4) is 0 Å². The predicted octanol–water partition coefficient (Wildman–Crippen LogP) is 5.71. The van der Waals surface area contributed by atoms with Crippen molar-refractivity contribution in [2.45, 2.75) is 6.54 Å². The number of carbonyl (C=O) groups is 1. The first-order valence-corrected chi connectivity index (χ1v) is 14.7. The molecule has 0 unspecified atom stereocenters. The van der Waals surface area contributed by atoms with Gasteiger partial charge < -0.3 is 15.7 Å². The minimum absolute atomic E-state index is 0.0505. The highest BCUT2D eigenvalue weighted by molar-refractivity contribution is 5.84. The average molecular weight is 600 g/mol. The van der Waals surface area contributed by atoms with Crippen molar-refractivity contribution in [3.8, 4) is 34.1 Å². The zero-order chi connectivity index (χ0) is 30.9. The number of nitrogen functional groups attached to an aromatic ring is 1. The molecule has 7 rings (SSSR count). The second kappa shape index (κ2) is 11.8. The van der Waals surface area contributed by atoms with Crippen molar-refractivity contribution in [2.24, 2.45) is 0 Å². The highest BCUT2D eigenvalue weighted by Crippen LogP contribution is 2.33. The number of hydrogen-bond acceptors (Lipinski definition) is 8. The zero-order valence-corrected chi connectivity index (χ0v) is 24.3. The van der Waals surface area contributed by atoms with Gasteiger partial charge in [-0.1, -0.05) is 42.5 Å². The summed E-state index contributed by atoms with van der Waals surface area (Å²) in [6.45, 7) is 3.37. The van der Waals surface area contributed by atoms with Gasteiger partial charge >= 0.3 is 0 Å². The number of halogens is 1. The van der Waals surface area contributed by atoms with E-state index in [1.165, 1.54) is 6.07 Å². The maximum absolute atomic E-state index is 14.7. The molecule has 0 radical (unpaired) electrons. The van der Waals surface area contributed by atoms with Crippen molar-refractivity contribution in [2.75, 3.05) is 36.8 Å². The Morgan fingerprint density at radius 1 is 0.867 bits per heavy atom. The third-order valence-electron chi connectivity index (χ3n) is 8.22. The Hall–Kier alpha value is -5.61. The minimum Gasteiger partial charge on any atom is -0.504 e. The lowest BCUT2D eigenvalue weighted by atomic mass is 10.1. The molecule has 1 fully saturated rings. The lowest BCUT2D eigenvalue weighted by Crippen LogP contribution is -2.46. The number of piperazine rings is 1. The van der Waals surface area contributed by atoms with Gasteiger partial charge in [0.1, 0.15) is 11.3 Å². The summed E-state index contributed by atoms with van der Waals surface area (Å²) in [5, 5.41) is 10.0. The number of aromatic hydroxyl groups is 1. The smallest absolute Gasteiger partial charge is 0.188 e. The van der Waals surface area contributed by atoms with Gasteiger partial charge in [-0.05, 0) is 54.1 Å². The van der Waals surface area contributed by atoms with Crippen LogP contribution in [-0.4, -0.2) is 62.0 Å². The molecule has 3 N–H and O–H groups in total. The molecule has 1 saturated heterocycles. The molecule has 1 aliphatic rings. The number of nitrogens with two attached hydrogens (primary N) is 1. The summed E-state index contributed by atoms with van der Waals surface area (Å²) in [6.07, 6.45) is 2.12. The number of carbonyl (C=O) groups excluding carboxylic acids is 1. The number of aldehydes is 1. The first-order valence-electron chi connectivity index (χ1n) is 14.7. The van der Waals surface area contributed by atoms with E-state index in [9.17, 15) is 14.3 Å². The topological polar surface area (TPSA) is 113 Å². The molecule has 224 valence electrons. The molecule has 0 bridgehead atoms. The highest BCUT2D eigenvalue weighted by Gasteiger charge is 2.23. The number of pyridine rings is 2. The van der Waals surface area contributed by atoms with Crippen molar-refractivity contribution in [3.05, 3.63) is 114 Å². The van der Waals surface area contributed by atoms with Crippen LogP contribution in [0.4, 0.5) is 15.9 Å². The van der Waals surface area contributed by atoms with E-state index < -0.39 is 11.6 Å². The first-order chi connectivity index (χ1) is 22.0. The molecule has 9 nitrogen and oxygen atoms in total. The SMILES string of the molecule is Nc1ncccc1-c1nc2ccc(-c3ccccc3)nc2n1-c1ccc(CN2CCN(c3ccc(C=O)c(O)c3F)CC2)cc1. The van der Waals surface area contributed by atoms with Gasteiger partial charge in [-0.15, -0.1) is 0 Å². The van der Waals surface area contributed by atoms with E-state index in [4.69, 9.17) is 15.7 Å². The Bertz CT molecular complexity index is 2000. The standard InChI is InChI=1S/C35H30FN7O2/c36-31-30(15-10-25(22-44)32(31)45)42-19-17-41(18-20-42)21-23-8-11-26(12-9-23)43-34(27-7-4-16-38-33(27)37)40-29-14-13-28(39-35(29)43)24-5-2-1-3-6-24/h1-16,22,45H,17-21H2,(H2,37,38). The van der Waals surface area contributed by atoms with E-state index >= 15 is 0 Å². The monoisotopic (exact) mass is 599 g/mol. The van der Waals surface area contributed by atoms with E-state index in [-0.39, 0.29) is 5.56 Å². The van der Waals surface area contributed by atoms with Crippen molar-refractivity contribution in [1.29, 1.82) is 0 Å². The minimum atomic E-state index is -0.756. The molecule has 45 heavy (non-hydrogen) atoms. The largest absolute Gasteiger partial charge is 0.504 e. The Morgan fingerprint density at radius 2 is 1.64 bits per heavy atom. The maximum Gasteiger partial charge on any atom is 0.188 e. The lowest BCUT2D eigenvalue weighted by Gasteiger charge is -2.36. The molecule has 1 aliphatic heterocycles. The summed E-state index contributed by atoms with van der Waals surface area (Å²) in [5.74, 6) is -0.301. The Morgan fingerprint density at radius 3 is 2.38 bits per heavy atom. The number of benzene rings is 3. The predicted molar refractivity (Wildman–Crippen MR) is 173 cm³/mol. The third-order valence-corrected chi connectivity index (χ3v) is 8.22. The van der Waals surface area contributed by atoms with E-state index in [2.05, 4.69) is 34.1 Å². The molecule has 0 atom stereocenters. The van der Waals surface area contributed by atoms with Crippen LogP contribution in [0.2, 0.25) is 0 Å². The van der Waals surface area contributed by atoms with Crippen molar-refractivity contribution < 1.29 is 14.3 Å². The van der Waals surface area contributed by atoms with Gasteiger partial charge in [0.25, 0.3) is 0 Å². The molecule has 0 spiro atoms. The van der Waals surface area contributed by atoms with E-state index in [1.54, 1.807) is 12.3 Å². The summed E-state index contributed by atoms with van der Waals surface area (Å²) < 4.78 is 16.7. The lowest BCUT2D eigenvalue weighted by molar-refractivity contribution is 0.112. The number of fused-ring (bicyclic) bond motifs is 1. The number of hydrogen-bond donors (Lipinski definition) is 2. The van der Waals surface area contributed by atoms with Crippen LogP contribution in [0.1, 0.15) is 15.9 Å². The van der Waals surface area contributed by atoms with Gasteiger partial charge in [-0.2, -0.15) is 0 Å². The third kappa shape index (κ3) is 5.36. The van der Waals surface area contributed by atoms with Crippen LogP contribution in [0.15, 0.2) is 97.2 Å². The summed E-state index contributed by atoms with van der Waals surface area (Å²) in [5.41, 5.74) is 12.7. The van der Waals surface area contributed by atoms with Crippen LogP contribution < -0.4 is 10.6 Å². The number of nitrogens with zero attached hydrogens (tertiary/aromatic N) is 6. The molecule has 3 aromatic carbocycles. The fraction of sp³-hybridized carbons (Fsp3) is 0.143. The van der Waals surface area contributed by atoms with E-state index in [0.717, 1.165) is 58.9 Å². The molecular weight excluding hydrogens is 569 g/mol. The van der Waals surface area contributed by atoms with Crippen LogP contribution in [0.5, 0.6) is 5.75 Å². The highest BCUT2D eigenvalue weighted by atomic mass is 19.1. The van der Waals surface area contributed by atoms with Gasteiger partial charge in [-0.3, -0.25) is 14.3 Å². The summed E-state index contributed by atoms with van der Waals surface area (Å²) >= 11 is 0. The molecule has 3 aromatic heterocycles. The zero-order valence-electron chi connectivity index (χ0n) is 24.3. The normalized spacial score (nSPS) is 13.8. The van der Waals surface area contributed by atoms with Gasteiger partial charge in [0.05, 0.1) is 22.5 Å². The van der Waals surface area contributed by atoms with Gasteiger partial charge in [0.2, 0.25) is 0 Å². The second-order valence-electron chi connectivity index (χ2n) is 11.0. The quantitative estimate of drug-likeness (QED) is 0.224. The fourth-order valence-corrected chi connectivity index (χ4v) is 5.82. The molecule has 4 heterocycles. The number of anilines is 2. The van der Waals surface area contributed by atoms with Crippen LogP contribution in [0, 0.1) is 5.82 Å². The van der Waals surface area contributed by atoms with E-state index in [1.807, 2.05) is 64.1 Å². The summed E-state index contributed by atoms with van der Waals surface area (Å²) in [6, 6.07) is 29.1. The van der Waals surface area contributed by atoms with Gasteiger partial charge in [-0.25, -0.2) is 19.3 Å². The molecule has 0 aliphatic carbocycles. The molecule has 6 aromatic rings. The van der Waals surface area contributed by atoms with E-state index in [0.29, 0.717) is 36.7 Å². The van der Waals surface area contributed by atoms with Crippen LogP contribution in [-0.2, 0) is 6.54 Å². The van der Waals surface area contributed by atoms with Crippen LogP contribution in [0.25, 0.3) is 39.5 Å². The number of phenolic OH excluding ortho intramolecular Hbond substituents is 1. The Labute approximate surface area is 259 Å². The average Bonchev–Trinajstić information content (AvgIpc) is 3.46.